The molecule has 18 heavy (non-hydrogen) atoms. The number of nitrogens with zero attached hydrogens (tertiary/aromatic N) is 1. The molecule has 0 aromatic carbocycles. The third-order valence-corrected chi connectivity index (χ3v) is 5.50. The molecule has 0 radical (unpaired) electrons. The van der Waals surface area contributed by atoms with Gasteiger partial charge in [0.2, 0.25) is 0 Å². The Morgan fingerprint density at radius 2 is 2.11 bits per heavy atom. The van der Waals surface area contributed by atoms with E-state index in [0.29, 0.717) is 5.54 Å². The zero-order chi connectivity index (χ0) is 13.0. The van der Waals surface area contributed by atoms with Gasteiger partial charge < -0.3 is 5.32 Å². The first-order valence-corrected chi connectivity index (χ1v) is 8.92. The Hall–Kier alpha value is 0.270. The Kier molecular flexibility index (Phi) is 5.40. The first kappa shape index (κ1) is 14.7. The van der Waals surface area contributed by atoms with Crippen molar-refractivity contribution in [3.63, 3.8) is 0 Å². The molecule has 1 aliphatic heterocycles. The van der Waals surface area contributed by atoms with Crippen molar-refractivity contribution in [1.29, 1.82) is 0 Å². The van der Waals surface area contributed by atoms with Crippen molar-refractivity contribution in [3.8, 4) is 0 Å². The van der Waals surface area contributed by atoms with Crippen molar-refractivity contribution in [2.45, 2.75) is 58.0 Å². The van der Waals surface area contributed by atoms with Crippen LogP contribution in [-0.2, 0) is 0 Å². The van der Waals surface area contributed by atoms with Crippen LogP contribution in [0.15, 0.2) is 0 Å². The fraction of sp³-hybridized carbons (Fsp3) is 1.00. The molecule has 0 bridgehead atoms. The van der Waals surface area contributed by atoms with Crippen molar-refractivity contribution in [1.82, 2.24) is 10.2 Å². The van der Waals surface area contributed by atoms with Gasteiger partial charge >= 0.3 is 0 Å². The largest absolute Gasteiger partial charge is 0.308 e. The third-order valence-electron chi connectivity index (χ3n) is 4.62. The molecule has 0 aromatic rings. The van der Waals surface area contributed by atoms with Crippen LogP contribution in [0.2, 0.25) is 0 Å². The maximum atomic E-state index is 3.86. The molecule has 3 heteroatoms. The maximum Gasteiger partial charge on any atom is 0.0309 e. The zero-order valence-corrected chi connectivity index (χ0v) is 13.2. The monoisotopic (exact) mass is 270 g/mol. The molecule has 2 atom stereocenters. The fourth-order valence-electron chi connectivity index (χ4n) is 3.29. The molecule has 2 unspecified atom stereocenters. The summed E-state index contributed by atoms with van der Waals surface area (Å²) in [5, 5.41) is 3.86. The van der Waals surface area contributed by atoms with Gasteiger partial charge in [-0.2, -0.15) is 11.8 Å². The minimum absolute atomic E-state index is 0.404. The Bertz CT molecular complexity index is 255. The van der Waals surface area contributed by atoms with E-state index in [0.717, 1.165) is 12.0 Å². The molecule has 1 aliphatic carbocycles. The van der Waals surface area contributed by atoms with Gasteiger partial charge in [0, 0.05) is 37.0 Å². The summed E-state index contributed by atoms with van der Waals surface area (Å²) in [6, 6.07) is 0.777. The topological polar surface area (TPSA) is 15.3 Å². The highest BCUT2D eigenvalue weighted by atomic mass is 32.2. The number of rotatable bonds is 7. The normalized spacial score (nSPS) is 33.8. The van der Waals surface area contributed by atoms with Gasteiger partial charge in [0.05, 0.1) is 0 Å². The first-order chi connectivity index (χ1) is 8.69. The molecule has 2 nitrogen and oxygen atoms in total. The lowest BCUT2D eigenvalue weighted by atomic mass is 9.90. The van der Waals surface area contributed by atoms with Crippen molar-refractivity contribution in [2.75, 3.05) is 31.1 Å². The average Bonchev–Trinajstić information content (AvgIpc) is 3.18. The number of piperazine rings is 1. The van der Waals surface area contributed by atoms with E-state index in [2.05, 4.69) is 42.7 Å². The van der Waals surface area contributed by atoms with E-state index >= 15 is 0 Å². The van der Waals surface area contributed by atoms with Gasteiger partial charge in [-0.3, -0.25) is 4.90 Å². The van der Waals surface area contributed by atoms with Crippen LogP contribution >= 0.6 is 11.8 Å². The van der Waals surface area contributed by atoms with Crippen molar-refractivity contribution >= 4 is 11.8 Å². The second kappa shape index (κ2) is 6.62. The second-order valence-corrected chi connectivity index (χ2v) is 7.58. The summed E-state index contributed by atoms with van der Waals surface area (Å²) in [5.41, 5.74) is 0.404. The molecule has 1 N–H and O–H groups in total. The van der Waals surface area contributed by atoms with Gasteiger partial charge in [0.15, 0.2) is 0 Å². The number of thioether (sulfide) groups is 1. The summed E-state index contributed by atoms with van der Waals surface area (Å²) >= 11 is 2.08. The maximum absolute atomic E-state index is 3.86. The van der Waals surface area contributed by atoms with Crippen LogP contribution in [0.25, 0.3) is 0 Å². The quantitative estimate of drug-likeness (QED) is 0.716. The summed E-state index contributed by atoms with van der Waals surface area (Å²) in [5.74, 6) is 3.50. The van der Waals surface area contributed by atoms with Gasteiger partial charge in [-0.05, 0) is 37.9 Å². The van der Waals surface area contributed by atoms with Crippen LogP contribution in [0.4, 0.5) is 0 Å². The SMILES string of the molecule is CCCC1CNC(C)(C2CC2)CN1CCSCC. The summed E-state index contributed by atoms with van der Waals surface area (Å²) in [7, 11) is 0. The Morgan fingerprint density at radius 1 is 1.33 bits per heavy atom. The highest BCUT2D eigenvalue weighted by molar-refractivity contribution is 7.99. The smallest absolute Gasteiger partial charge is 0.0309 e. The molecule has 2 rings (SSSR count). The Balaban J connectivity index is 1.89. The molecule has 0 aromatic heterocycles. The minimum atomic E-state index is 0.404. The molecule has 0 spiro atoms. The lowest BCUT2D eigenvalue weighted by Crippen LogP contribution is -2.64. The van der Waals surface area contributed by atoms with Gasteiger partial charge in [0.25, 0.3) is 0 Å². The predicted molar refractivity (Wildman–Crippen MR) is 82.4 cm³/mol. The van der Waals surface area contributed by atoms with Gasteiger partial charge in [-0.25, -0.2) is 0 Å². The molecule has 106 valence electrons. The molecule has 0 amide bonds. The molecule has 1 saturated carbocycles. The molecular formula is C15H30N2S. The van der Waals surface area contributed by atoms with Crippen LogP contribution in [-0.4, -0.2) is 47.6 Å². The molecule has 1 heterocycles. The highest BCUT2D eigenvalue weighted by Crippen LogP contribution is 2.41. The number of hydrogen-bond donors (Lipinski definition) is 1. The highest BCUT2D eigenvalue weighted by Gasteiger charge is 2.45. The van der Waals surface area contributed by atoms with Crippen LogP contribution in [0.3, 0.4) is 0 Å². The van der Waals surface area contributed by atoms with Gasteiger partial charge in [-0.15, -0.1) is 0 Å². The van der Waals surface area contributed by atoms with Crippen LogP contribution in [0.5, 0.6) is 0 Å². The van der Waals surface area contributed by atoms with E-state index in [1.807, 2.05) is 0 Å². The molecule has 2 aliphatic rings. The number of nitrogens with one attached hydrogen (secondary N) is 1. The summed E-state index contributed by atoms with van der Waals surface area (Å²) in [6.07, 6.45) is 5.55. The van der Waals surface area contributed by atoms with Crippen LogP contribution in [0.1, 0.15) is 46.5 Å². The van der Waals surface area contributed by atoms with Gasteiger partial charge in [0.1, 0.15) is 0 Å². The zero-order valence-electron chi connectivity index (χ0n) is 12.4. The molecule has 1 saturated heterocycles. The second-order valence-electron chi connectivity index (χ2n) is 6.18. The van der Waals surface area contributed by atoms with Crippen LogP contribution in [0, 0.1) is 5.92 Å². The first-order valence-electron chi connectivity index (χ1n) is 7.76. The van der Waals surface area contributed by atoms with E-state index in [9.17, 15) is 0 Å². The third kappa shape index (κ3) is 3.64. The lowest BCUT2D eigenvalue weighted by Gasteiger charge is -2.47. The van der Waals surface area contributed by atoms with Crippen molar-refractivity contribution in [3.05, 3.63) is 0 Å². The summed E-state index contributed by atoms with van der Waals surface area (Å²) < 4.78 is 0. The van der Waals surface area contributed by atoms with E-state index in [1.54, 1.807) is 0 Å². The van der Waals surface area contributed by atoms with E-state index in [-0.39, 0.29) is 0 Å². The summed E-state index contributed by atoms with van der Waals surface area (Å²) in [4.78, 5) is 2.78. The van der Waals surface area contributed by atoms with Gasteiger partial charge in [-0.1, -0.05) is 20.3 Å². The van der Waals surface area contributed by atoms with Crippen molar-refractivity contribution in [2.24, 2.45) is 5.92 Å². The average molecular weight is 270 g/mol. The van der Waals surface area contributed by atoms with E-state index in [4.69, 9.17) is 0 Å². The Labute approximate surface area is 117 Å². The summed E-state index contributed by atoms with van der Waals surface area (Å²) in [6.45, 7) is 10.8. The van der Waals surface area contributed by atoms with Crippen molar-refractivity contribution < 1.29 is 0 Å². The van der Waals surface area contributed by atoms with E-state index < -0.39 is 0 Å². The molecule has 2 fully saturated rings. The fourth-order valence-corrected chi connectivity index (χ4v) is 3.94. The lowest BCUT2D eigenvalue weighted by molar-refractivity contribution is 0.0760. The van der Waals surface area contributed by atoms with Crippen LogP contribution < -0.4 is 5.32 Å². The van der Waals surface area contributed by atoms with E-state index in [1.165, 1.54) is 56.8 Å². The molecular weight excluding hydrogens is 240 g/mol. The minimum Gasteiger partial charge on any atom is -0.308 e. The predicted octanol–water partition coefficient (Wildman–Crippen LogP) is 2.98. The Morgan fingerprint density at radius 3 is 2.72 bits per heavy atom. The standard InChI is InChI=1S/C15H30N2S/c1-4-6-14-11-16-15(3,13-7-8-13)12-17(14)9-10-18-5-2/h13-14,16H,4-12H2,1-3H3. The number of hydrogen-bond acceptors (Lipinski definition) is 3.